The van der Waals surface area contributed by atoms with Gasteiger partial charge in [0.05, 0.1) is 10.6 Å². The molecule has 1 amide bonds. The van der Waals surface area contributed by atoms with Gasteiger partial charge in [0.25, 0.3) is 0 Å². The lowest BCUT2D eigenvalue weighted by molar-refractivity contribution is -0.116. The molecule has 0 aromatic heterocycles. The maximum Gasteiger partial charge on any atom is 0.240 e. The lowest BCUT2D eigenvalue weighted by atomic mass is 10.1. The van der Waals surface area contributed by atoms with Gasteiger partial charge < -0.3 is 4.90 Å². The van der Waals surface area contributed by atoms with E-state index in [2.05, 4.69) is 11.6 Å². The van der Waals surface area contributed by atoms with Crippen molar-refractivity contribution in [3.8, 4) is 0 Å². The van der Waals surface area contributed by atoms with Gasteiger partial charge in [-0.25, -0.2) is 13.1 Å². The molecule has 5 nitrogen and oxygen atoms in total. The van der Waals surface area contributed by atoms with E-state index in [1.807, 2.05) is 0 Å². The number of thioether (sulfide) groups is 1. The number of rotatable bonds is 3. The smallest absolute Gasteiger partial charge is 0.240 e. The molecule has 25 heavy (non-hydrogen) atoms. The van der Waals surface area contributed by atoms with E-state index in [9.17, 15) is 13.2 Å². The highest BCUT2D eigenvalue weighted by Gasteiger charge is 2.28. The van der Waals surface area contributed by atoms with Crippen molar-refractivity contribution in [2.75, 3.05) is 11.4 Å². The standard InChI is InChI=1S/C18H26N2O3S2/c1-13-12-20(14(2)21)17-10-9-16(11-18(17)24-13)25(22,23)19-15-7-5-3-4-6-8-15/h9-11,13,15,19H,3-8,12H2,1-2H3. The summed E-state index contributed by atoms with van der Waals surface area (Å²) >= 11 is 1.63. The Labute approximate surface area is 154 Å². The Morgan fingerprint density at radius 3 is 2.52 bits per heavy atom. The number of benzene rings is 1. The Balaban J connectivity index is 1.85. The van der Waals surface area contributed by atoms with E-state index in [4.69, 9.17) is 0 Å². The number of carbonyl (C=O) groups excluding carboxylic acids is 1. The van der Waals surface area contributed by atoms with Crippen molar-refractivity contribution in [2.24, 2.45) is 0 Å². The first kappa shape index (κ1) is 18.7. The molecule has 1 aromatic rings. The summed E-state index contributed by atoms with van der Waals surface area (Å²) < 4.78 is 28.5. The number of sulfonamides is 1. The highest BCUT2D eigenvalue weighted by atomic mass is 32.2. The van der Waals surface area contributed by atoms with Gasteiger partial charge in [-0.3, -0.25) is 4.79 Å². The fourth-order valence-corrected chi connectivity index (χ4v) is 6.13. The van der Waals surface area contributed by atoms with Gasteiger partial charge in [0.1, 0.15) is 0 Å². The number of hydrogen-bond donors (Lipinski definition) is 1. The quantitative estimate of drug-likeness (QED) is 0.812. The second-order valence-electron chi connectivity index (χ2n) is 7.00. The first-order chi connectivity index (χ1) is 11.9. The molecule has 1 aliphatic heterocycles. The number of nitrogens with one attached hydrogen (secondary N) is 1. The molecule has 0 radical (unpaired) electrons. The number of hydrogen-bond acceptors (Lipinski definition) is 4. The van der Waals surface area contributed by atoms with Gasteiger partial charge in [0.2, 0.25) is 15.9 Å². The summed E-state index contributed by atoms with van der Waals surface area (Å²) in [6.45, 7) is 4.25. The zero-order valence-electron chi connectivity index (χ0n) is 14.8. The second kappa shape index (κ2) is 7.68. The lowest BCUT2D eigenvalue weighted by Crippen LogP contribution is -2.37. The number of carbonyl (C=O) groups is 1. The van der Waals surface area contributed by atoms with Gasteiger partial charge >= 0.3 is 0 Å². The molecule has 1 aliphatic carbocycles. The maximum atomic E-state index is 12.8. The molecule has 1 saturated carbocycles. The van der Waals surface area contributed by atoms with Crippen LogP contribution in [0, 0.1) is 0 Å². The van der Waals surface area contributed by atoms with Crippen molar-refractivity contribution in [3.05, 3.63) is 18.2 Å². The van der Waals surface area contributed by atoms with Crippen LogP contribution in [0.4, 0.5) is 5.69 Å². The van der Waals surface area contributed by atoms with Gasteiger partial charge in [-0.2, -0.15) is 0 Å². The Kier molecular flexibility index (Phi) is 5.75. The monoisotopic (exact) mass is 382 g/mol. The van der Waals surface area contributed by atoms with Crippen molar-refractivity contribution >= 4 is 33.4 Å². The molecular formula is C18H26N2O3S2. The van der Waals surface area contributed by atoms with Crippen LogP contribution in [0.25, 0.3) is 0 Å². The molecule has 1 aromatic carbocycles. The predicted molar refractivity (Wildman–Crippen MR) is 102 cm³/mol. The predicted octanol–water partition coefficient (Wildman–Crippen LogP) is 3.53. The van der Waals surface area contributed by atoms with E-state index in [1.54, 1.807) is 41.8 Å². The van der Waals surface area contributed by atoms with Crippen LogP contribution in [0.5, 0.6) is 0 Å². The largest absolute Gasteiger partial charge is 0.310 e. The van der Waals surface area contributed by atoms with Crippen LogP contribution in [-0.4, -0.2) is 32.2 Å². The van der Waals surface area contributed by atoms with Crippen LogP contribution < -0.4 is 9.62 Å². The molecule has 3 rings (SSSR count). The second-order valence-corrected chi connectivity index (χ2v) is 10.2. The van der Waals surface area contributed by atoms with Gasteiger partial charge in [-0.1, -0.05) is 32.6 Å². The van der Waals surface area contributed by atoms with Crippen molar-refractivity contribution in [2.45, 2.75) is 73.5 Å². The summed E-state index contributed by atoms with van der Waals surface area (Å²) in [5.41, 5.74) is 0.809. The van der Waals surface area contributed by atoms with Crippen molar-refractivity contribution < 1.29 is 13.2 Å². The molecule has 1 N–H and O–H groups in total. The first-order valence-corrected chi connectivity index (χ1v) is 11.3. The Morgan fingerprint density at radius 2 is 1.88 bits per heavy atom. The maximum absolute atomic E-state index is 12.8. The van der Waals surface area contributed by atoms with Crippen molar-refractivity contribution in [1.29, 1.82) is 0 Å². The molecule has 0 bridgehead atoms. The molecule has 2 aliphatic rings. The molecule has 7 heteroatoms. The van der Waals surface area contributed by atoms with E-state index in [1.165, 1.54) is 12.8 Å². The zero-order chi connectivity index (χ0) is 18.0. The van der Waals surface area contributed by atoms with E-state index >= 15 is 0 Å². The third-order valence-corrected chi connectivity index (χ3v) is 7.51. The molecule has 1 fully saturated rings. The molecule has 1 heterocycles. The summed E-state index contributed by atoms with van der Waals surface area (Å²) in [7, 11) is -3.53. The average molecular weight is 383 g/mol. The number of anilines is 1. The first-order valence-electron chi connectivity index (χ1n) is 8.98. The van der Waals surface area contributed by atoms with E-state index in [0.29, 0.717) is 11.4 Å². The van der Waals surface area contributed by atoms with Crippen LogP contribution in [0.3, 0.4) is 0 Å². The van der Waals surface area contributed by atoms with Gasteiger partial charge in [-0.15, -0.1) is 11.8 Å². The molecular weight excluding hydrogens is 356 g/mol. The van der Waals surface area contributed by atoms with Gasteiger partial charge in [0, 0.05) is 29.7 Å². The third kappa shape index (κ3) is 4.38. The van der Waals surface area contributed by atoms with Crippen LogP contribution in [0.1, 0.15) is 52.4 Å². The SMILES string of the molecule is CC(=O)N1CC(C)Sc2cc(S(=O)(=O)NC3CCCCCC3)ccc21. The van der Waals surface area contributed by atoms with Crippen LogP contribution >= 0.6 is 11.8 Å². The minimum absolute atomic E-state index is 0.0133. The topological polar surface area (TPSA) is 66.5 Å². The average Bonchev–Trinajstić information content (AvgIpc) is 2.81. The number of nitrogens with zero attached hydrogens (tertiary/aromatic N) is 1. The van der Waals surface area contributed by atoms with Crippen LogP contribution in [0.15, 0.2) is 28.0 Å². The lowest BCUT2D eigenvalue weighted by Gasteiger charge is -2.32. The van der Waals surface area contributed by atoms with Crippen molar-refractivity contribution in [3.63, 3.8) is 0 Å². The van der Waals surface area contributed by atoms with Crippen LogP contribution in [0.2, 0.25) is 0 Å². The summed E-state index contributed by atoms with van der Waals surface area (Å²) in [6.07, 6.45) is 6.36. The highest BCUT2D eigenvalue weighted by Crippen LogP contribution is 2.39. The van der Waals surface area contributed by atoms with E-state index in [0.717, 1.165) is 36.3 Å². The van der Waals surface area contributed by atoms with E-state index < -0.39 is 10.0 Å². The Morgan fingerprint density at radius 1 is 1.20 bits per heavy atom. The molecule has 0 spiro atoms. The number of fused-ring (bicyclic) bond motifs is 1. The minimum atomic E-state index is -3.53. The normalized spacial score (nSPS) is 22.3. The fourth-order valence-electron chi connectivity index (χ4n) is 3.57. The van der Waals surface area contributed by atoms with Gasteiger partial charge in [0.15, 0.2) is 0 Å². The molecule has 138 valence electrons. The van der Waals surface area contributed by atoms with E-state index in [-0.39, 0.29) is 17.2 Å². The summed E-state index contributed by atoms with van der Waals surface area (Å²) in [5.74, 6) is -0.0133. The Hall–Kier alpha value is -1.05. The third-order valence-electron chi connectivity index (χ3n) is 4.86. The fraction of sp³-hybridized carbons (Fsp3) is 0.611. The highest BCUT2D eigenvalue weighted by molar-refractivity contribution is 8.00. The minimum Gasteiger partial charge on any atom is -0.310 e. The summed E-state index contributed by atoms with van der Waals surface area (Å²) in [5, 5.41) is 0.240. The summed E-state index contributed by atoms with van der Waals surface area (Å²) in [6, 6.07) is 5.12. The van der Waals surface area contributed by atoms with Crippen LogP contribution in [-0.2, 0) is 14.8 Å². The van der Waals surface area contributed by atoms with Crippen molar-refractivity contribution in [1.82, 2.24) is 4.72 Å². The van der Waals surface area contributed by atoms with Gasteiger partial charge in [-0.05, 0) is 31.0 Å². The Bertz CT molecular complexity index is 741. The summed E-state index contributed by atoms with van der Waals surface area (Å²) in [4.78, 5) is 14.7. The number of amides is 1. The molecule has 0 saturated heterocycles. The molecule has 1 unspecified atom stereocenters. The zero-order valence-corrected chi connectivity index (χ0v) is 16.5. The molecule has 1 atom stereocenters.